The normalized spacial score (nSPS) is 11.6. The molecule has 0 aromatic heterocycles. The van der Waals surface area contributed by atoms with Gasteiger partial charge in [-0.25, -0.2) is 4.79 Å². The standard InChI is InChI=1S/C18H26N2O3/c1-4-20(13-14(2)3)18(23)19-16(10-11-17(21)22)12-15-8-6-5-7-9-15/h5-9,16H,2,4,10-13H2,1,3H3,(H,19,23)(H,21,22). The highest BCUT2D eigenvalue weighted by atomic mass is 16.4. The molecule has 1 unspecified atom stereocenters. The topological polar surface area (TPSA) is 69.6 Å². The van der Waals surface area contributed by atoms with E-state index in [2.05, 4.69) is 11.9 Å². The first-order valence-electron chi connectivity index (χ1n) is 7.88. The molecule has 0 radical (unpaired) electrons. The minimum absolute atomic E-state index is 0.0321. The monoisotopic (exact) mass is 318 g/mol. The van der Waals surface area contributed by atoms with E-state index in [-0.39, 0.29) is 18.5 Å². The van der Waals surface area contributed by atoms with Crippen LogP contribution in [0, 0.1) is 0 Å². The SMILES string of the molecule is C=C(C)CN(CC)C(=O)NC(CCC(=O)O)Cc1ccccc1. The van der Waals surface area contributed by atoms with Gasteiger partial charge in [-0.05, 0) is 32.3 Å². The molecule has 0 saturated carbocycles. The lowest BCUT2D eigenvalue weighted by molar-refractivity contribution is -0.137. The van der Waals surface area contributed by atoms with Crippen molar-refractivity contribution < 1.29 is 14.7 Å². The maximum atomic E-state index is 12.4. The van der Waals surface area contributed by atoms with Crippen LogP contribution in [0.15, 0.2) is 42.5 Å². The number of rotatable bonds is 9. The maximum absolute atomic E-state index is 12.4. The van der Waals surface area contributed by atoms with Crippen molar-refractivity contribution in [2.75, 3.05) is 13.1 Å². The summed E-state index contributed by atoms with van der Waals surface area (Å²) in [6, 6.07) is 9.37. The van der Waals surface area contributed by atoms with Crippen molar-refractivity contribution in [3.05, 3.63) is 48.0 Å². The number of hydrogen-bond acceptors (Lipinski definition) is 2. The molecule has 1 aromatic carbocycles. The largest absolute Gasteiger partial charge is 0.481 e. The number of nitrogens with zero attached hydrogens (tertiary/aromatic N) is 1. The average molecular weight is 318 g/mol. The minimum atomic E-state index is -0.855. The molecule has 126 valence electrons. The van der Waals surface area contributed by atoms with Crippen LogP contribution in [0.2, 0.25) is 0 Å². The zero-order valence-electron chi connectivity index (χ0n) is 13.9. The molecule has 0 bridgehead atoms. The highest BCUT2D eigenvalue weighted by Gasteiger charge is 2.18. The molecule has 0 saturated heterocycles. The van der Waals surface area contributed by atoms with Crippen molar-refractivity contribution in [3.8, 4) is 0 Å². The Morgan fingerprint density at radius 1 is 1.30 bits per heavy atom. The fourth-order valence-electron chi connectivity index (χ4n) is 2.34. The van der Waals surface area contributed by atoms with Crippen LogP contribution in [-0.4, -0.2) is 41.1 Å². The van der Waals surface area contributed by atoms with Crippen molar-refractivity contribution in [3.63, 3.8) is 0 Å². The molecular weight excluding hydrogens is 292 g/mol. The second-order valence-corrected chi connectivity index (χ2v) is 5.74. The number of benzene rings is 1. The van der Waals surface area contributed by atoms with E-state index in [1.165, 1.54) is 0 Å². The molecule has 23 heavy (non-hydrogen) atoms. The number of carbonyl (C=O) groups is 2. The fourth-order valence-corrected chi connectivity index (χ4v) is 2.34. The van der Waals surface area contributed by atoms with Gasteiger partial charge in [0.25, 0.3) is 0 Å². The van der Waals surface area contributed by atoms with Gasteiger partial charge in [0, 0.05) is 25.6 Å². The molecular formula is C18H26N2O3. The number of likely N-dealkylation sites (N-methyl/N-ethyl adjacent to an activating group) is 1. The lowest BCUT2D eigenvalue weighted by Crippen LogP contribution is -2.46. The molecule has 2 N–H and O–H groups in total. The van der Waals surface area contributed by atoms with Crippen LogP contribution in [0.25, 0.3) is 0 Å². The molecule has 2 amide bonds. The molecule has 0 aliphatic heterocycles. The molecule has 0 aliphatic carbocycles. The van der Waals surface area contributed by atoms with Crippen molar-refractivity contribution in [2.45, 2.75) is 39.2 Å². The summed E-state index contributed by atoms with van der Waals surface area (Å²) in [6.45, 7) is 8.70. The Morgan fingerprint density at radius 3 is 2.48 bits per heavy atom. The first kappa shape index (κ1) is 18.7. The second kappa shape index (κ2) is 9.66. The highest BCUT2D eigenvalue weighted by Crippen LogP contribution is 2.09. The molecule has 0 fully saturated rings. The molecule has 1 aromatic rings. The number of urea groups is 1. The van der Waals surface area contributed by atoms with Crippen molar-refractivity contribution in [1.82, 2.24) is 10.2 Å². The highest BCUT2D eigenvalue weighted by molar-refractivity contribution is 5.75. The van der Waals surface area contributed by atoms with Crippen molar-refractivity contribution >= 4 is 12.0 Å². The second-order valence-electron chi connectivity index (χ2n) is 5.74. The third kappa shape index (κ3) is 7.49. The first-order valence-corrected chi connectivity index (χ1v) is 7.88. The number of nitrogens with one attached hydrogen (secondary N) is 1. The number of carbonyl (C=O) groups excluding carboxylic acids is 1. The van der Waals surface area contributed by atoms with Gasteiger partial charge in [0.1, 0.15) is 0 Å². The van der Waals surface area contributed by atoms with Crippen molar-refractivity contribution in [2.24, 2.45) is 0 Å². The predicted octanol–water partition coefficient (Wildman–Crippen LogP) is 3.07. The van der Waals surface area contributed by atoms with Crippen LogP contribution in [0.4, 0.5) is 4.79 Å². The van der Waals surface area contributed by atoms with E-state index < -0.39 is 5.97 Å². The third-order valence-electron chi connectivity index (χ3n) is 3.49. The number of amides is 2. The Balaban J connectivity index is 2.72. The maximum Gasteiger partial charge on any atom is 0.317 e. The van der Waals surface area contributed by atoms with E-state index in [9.17, 15) is 9.59 Å². The summed E-state index contributed by atoms with van der Waals surface area (Å²) in [5.74, 6) is -0.855. The van der Waals surface area contributed by atoms with E-state index >= 15 is 0 Å². The number of aliphatic carboxylic acids is 1. The zero-order valence-corrected chi connectivity index (χ0v) is 13.9. The molecule has 5 nitrogen and oxygen atoms in total. The van der Waals surface area contributed by atoms with Gasteiger partial charge < -0.3 is 15.3 Å². The van der Waals surface area contributed by atoms with E-state index in [1.807, 2.05) is 44.2 Å². The Labute approximate surface area is 138 Å². The number of carboxylic acid groups (broad SMARTS) is 1. The molecule has 0 spiro atoms. The quantitative estimate of drug-likeness (QED) is 0.688. The summed E-state index contributed by atoms with van der Waals surface area (Å²) < 4.78 is 0. The Bertz CT molecular complexity index is 528. The summed E-state index contributed by atoms with van der Waals surface area (Å²) in [6.07, 6.45) is 1.05. The van der Waals surface area contributed by atoms with Crippen LogP contribution in [-0.2, 0) is 11.2 Å². The van der Waals surface area contributed by atoms with Crippen LogP contribution in [0.3, 0.4) is 0 Å². The van der Waals surface area contributed by atoms with Crippen LogP contribution >= 0.6 is 0 Å². The third-order valence-corrected chi connectivity index (χ3v) is 3.49. The van der Waals surface area contributed by atoms with Gasteiger partial charge in [0.05, 0.1) is 0 Å². The summed E-state index contributed by atoms with van der Waals surface area (Å²) in [7, 11) is 0. The van der Waals surface area contributed by atoms with Gasteiger partial charge >= 0.3 is 12.0 Å². The lowest BCUT2D eigenvalue weighted by atomic mass is 10.0. The van der Waals surface area contributed by atoms with E-state index in [4.69, 9.17) is 5.11 Å². The fraction of sp³-hybridized carbons (Fsp3) is 0.444. The number of carboxylic acids is 1. The Kier molecular flexibility index (Phi) is 7.88. The van der Waals surface area contributed by atoms with Crippen LogP contribution in [0.1, 0.15) is 32.3 Å². The summed E-state index contributed by atoms with van der Waals surface area (Å²) in [5.41, 5.74) is 1.98. The molecule has 1 atom stereocenters. The minimum Gasteiger partial charge on any atom is -0.481 e. The summed E-state index contributed by atoms with van der Waals surface area (Å²) in [4.78, 5) is 24.9. The van der Waals surface area contributed by atoms with E-state index in [1.54, 1.807) is 4.90 Å². The van der Waals surface area contributed by atoms with Crippen LogP contribution in [0.5, 0.6) is 0 Å². The molecule has 0 heterocycles. The van der Waals surface area contributed by atoms with E-state index in [0.29, 0.717) is 25.9 Å². The van der Waals surface area contributed by atoms with Gasteiger partial charge in [-0.15, -0.1) is 0 Å². The van der Waals surface area contributed by atoms with Crippen molar-refractivity contribution in [1.29, 1.82) is 0 Å². The first-order chi connectivity index (χ1) is 10.9. The molecule has 0 aliphatic rings. The Morgan fingerprint density at radius 2 is 1.96 bits per heavy atom. The Hall–Kier alpha value is -2.30. The molecule has 5 heteroatoms. The number of hydrogen-bond donors (Lipinski definition) is 2. The van der Waals surface area contributed by atoms with Gasteiger partial charge in [0.2, 0.25) is 0 Å². The van der Waals surface area contributed by atoms with Gasteiger partial charge in [-0.2, -0.15) is 0 Å². The van der Waals surface area contributed by atoms with E-state index in [0.717, 1.165) is 11.1 Å². The molecule has 1 rings (SSSR count). The van der Waals surface area contributed by atoms with Crippen LogP contribution < -0.4 is 5.32 Å². The lowest BCUT2D eigenvalue weighted by Gasteiger charge is -2.25. The smallest absolute Gasteiger partial charge is 0.317 e. The summed E-state index contributed by atoms with van der Waals surface area (Å²) >= 11 is 0. The predicted molar refractivity (Wildman–Crippen MR) is 91.4 cm³/mol. The van der Waals surface area contributed by atoms with Gasteiger partial charge in [0.15, 0.2) is 0 Å². The zero-order chi connectivity index (χ0) is 17.2. The summed E-state index contributed by atoms with van der Waals surface area (Å²) in [5, 5.41) is 11.9. The van der Waals surface area contributed by atoms with Gasteiger partial charge in [-0.1, -0.05) is 42.5 Å². The van der Waals surface area contributed by atoms with Gasteiger partial charge in [-0.3, -0.25) is 4.79 Å². The average Bonchev–Trinajstić information content (AvgIpc) is 2.50.